The molecule has 6 nitrogen and oxygen atoms in total. The zero-order chi connectivity index (χ0) is 18.7. The highest BCUT2D eigenvalue weighted by molar-refractivity contribution is 9.10. The largest absolute Gasteiger partial charge is 0.486 e. The second-order valence-corrected chi connectivity index (χ2v) is 5.93. The Labute approximate surface area is 159 Å². The lowest BCUT2D eigenvalue weighted by atomic mass is 10.2. The zero-order valence-electron chi connectivity index (χ0n) is 13.8. The molecule has 1 unspecified atom stereocenters. The molecule has 1 aromatic rings. The molecular formula is C17H19BrClNO5. The van der Waals surface area contributed by atoms with Crippen molar-refractivity contribution in [2.45, 2.75) is 19.4 Å². The van der Waals surface area contributed by atoms with Crippen LogP contribution in [0.4, 0.5) is 0 Å². The number of rotatable bonds is 9. The van der Waals surface area contributed by atoms with Gasteiger partial charge in [0.25, 0.3) is 0 Å². The summed E-state index contributed by atoms with van der Waals surface area (Å²) in [5.41, 5.74) is 2.20. The number of carbonyl (C=O) groups is 2. The number of hydrogen-bond donors (Lipinski definition) is 1. The van der Waals surface area contributed by atoms with Crippen LogP contribution >= 0.6 is 27.5 Å². The van der Waals surface area contributed by atoms with Crippen molar-refractivity contribution < 1.29 is 23.9 Å². The molecule has 0 saturated carbocycles. The Bertz CT molecular complexity index is 648. The van der Waals surface area contributed by atoms with E-state index in [2.05, 4.69) is 26.2 Å². The highest BCUT2D eigenvalue weighted by Crippen LogP contribution is 2.27. The van der Waals surface area contributed by atoms with Gasteiger partial charge in [0.2, 0.25) is 0 Å². The smallest absolute Gasteiger partial charge is 0.349 e. The number of esters is 1. The van der Waals surface area contributed by atoms with Crippen LogP contribution < -0.4 is 10.2 Å². The first-order chi connectivity index (χ1) is 12.0. The summed E-state index contributed by atoms with van der Waals surface area (Å²) in [5, 5.41) is 0.543. The molecule has 0 saturated heterocycles. The van der Waals surface area contributed by atoms with Crippen LogP contribution in [0.2, 0.25) is 5.02 Å². The molecule has 0 aromatic heterocycles. The topological polar surface area (TPSA) is 73.9 Å². The van der Waals surface area contributed by atoms with Crippen molar-refractivity contribution >= 4 is 39.5 Å². The van der Waals surface area contributed by atoms with Gasteiger partial charge in [-0.15, -0.1) is 0 Å². The van der Waals surface area contributed by atoms with Crippen LogP contribution in [0.25, 0.3) is 0 Å². The predicted octanol–water partition coefficient (Wildman–Crippen LogP) is 3.59. The molecule has 1 atom stereocenters. The number of ether oxygens (including phenoxy) is 2. The fourth-order valence-electron chi connectivity index (χ4n) is 1.73. The quantitative estimate of drug-likeness (QED) is 0.278. The van der Waals surface area contributed by atoms with Crippen LogP contribution in [-0.2, 0) is 19.2 Å². The summed E-state index contributed by atoms with van der Waals surface area (Å²) in [6.45, 7) is 2.00. The van der Waals surface area contributed by atoms with Crippen LogP contribution in [-0.4, -0.2) is 31.7 Å². The maximum absolute atomic E-state index is 11.5. The normalized spacial score (nSPS) is 12.3. The van der Waals surface area contributed by atoms with E-state index in [0.29, 0.717) is 17.2 Å². The number of carbonyl (C=O) groups excluding carboxylic acids is 2. The Balaban J connectivity index is 2.49. The number of hydroxylamine groups is 1. The Kier molecular flexibility index (Phi) is 9.91. The van der Waals surface area contributed by atoms with E-state index in [1.165, 1.54) is 7.05 Å². The molecule has 1 N–H and O–H groups in total. The van der Waals surface area contributed by atoms with Gasteiger partial charge in [-0.3, -0.25) is 0 Å². The first kappa shape index (κ1) is 21.2. The molecule has 0 heterocycles. The molecule has 0 aliphatic rings. The van der Waals surface area contributed by atoms with Crippen LogP contribution in [0, 0.1) is 0 Å². The molecule has 0 aliphatic carbocycles. The van der Waals surface area contributed by atoms with E-state index < -0.39 is 11.9 Å². The fourth-order valence-corrected chi connectivity index (χ4v) is 2.15. The highest BCUT2D eigenvalue weighted by atomic mass is 79.9. The average Bonchev–Trinajstić information content (AvgIpc) is 2.57. The monoisotopic (exact) mass is 431 g/mol. The Hall–Kier alpha value is -1.83. The molecule has 25 heavy (non-hydrogen) atoms. The highest BCUT2D eigenvalue weighted by Gasteiger charge is 2.10. The standard InChI is InChI=1S/C17H19BrClNO5/c1-3-4-12(24-13-5-6-14(18)15(19)11-13)9-10-23-16(21)7-8-17(22)25-20-2/h3-8,11-12,20H,9-10H2,1-2H3/b4-3+,8-7+. The molecule has 1 aromatic carbocycles. The van der Waals surface area contributed by atoms with E-state index in [4.69, 9.17) is 21.1 Å². The predicted molar refractivity (Wildman–Crippen MR) is 98.2 cm³/mol. The van der Waals surface area contributed by atoms with Crippen molar-refractivity contribution in [3.8, 4) is 5.75 Å². The Morgan fingerprint density at radius 3 is 2.68 bits per heavy atom. The molecule has 136 valence electrons. The van der Waals surface area contributed by atoms with Gasteiger partial charge < -0.3 is 14.3 Å². The molecule has 0 fully saturated rings. The summed E-state index contributed by atoms with van der Waals surface area (Å²) in [6.07, 6.45) is 5.83. The number of nitrogens with one attached hydrogen (secondary N) is 1. The number of halogens is 2. The summed E-state index contributed by atoms with van der Waals surface area (Å²) in [4.78, 5) is 27.0. The van der Waals surface area contributed by atoms with Crippen molar-refractivity contribution in [3.63, 3.8) is 0 Å². The Morgan fingerprint density at radius 1 is 1.32 bits per heavy atom. The van der Waals surface area contributed by atoms with Crippen LogP contribution in [0.1, 0.15) is 13.3 Å². The van der Waals surface area contributed by atoms with Gasteiger partial charge in [-0.25, -0.2) is 9.59 Å². The summed E-state index contributed by atoms with van der Waals surface area (Å²) in [7, 11) is 1.43. The SMILES string of the molecule is C/C=C/C(CCOC(=O)/C=C/C(=O)ONC)Oc1ccc(Br)c(Cl)c1. The van der Waals surface area contributed by atoms with Gasteiger partial charge in [0, 0.05) is 30.1 Å². The van der Waals surface area contributed by atoms with Gasteiger partial charge >= 0.3 is 11.9 Å². The molecular weight excluding hydrogens is 414 g/mol. The van der Waals surface area contributed by atoms with E-state index in [1.54, 1.807) is 18.2 Å². The van der Waals surface area contributed by atoms with Gasteiger partial charge in [0.15, 0.2) is 0 Å². The van der Waals surface area contributed by atoms with Crippen LogP contribution in [0.5, 0.6) is 5.75 Å². The molecule has 0 aliphatic heterocycles. The lowest BCUT2D eigenvalue weighted by Crippen LogP contribution is -2.18. The van der Waals surface area contributed by atoms with Gasteiger partial charge in [-0.05, 0) is 47.1 Å². The maximum atomic E-state index is 11.5. The third-order valence-electron chi connectivity index (χ3n) is 2.79. The molecule has 0 amide bonds. The number of hydrogen-bond acceptors (Lipinski definition) is 6. The van der Waals surface area contributed by atoms with Gasteiger partial charge in [-0.1, -0.05) is 17.7 Å². The molecule has 0 spiro atoms. The van der Waals surface area contributed by atoms with E-state index >= 15 is 0 Å². The van der Waals surface area contributed by atoms with E-state index in [-0.39, 0.29) is 12.7 Å². The zero-order valence-corrected chi connectivity index (χ0v) is 16.2. The number of benzene rings is 1. The summed E-state index contributed by atoms with van der Waals surface area (Å²) in [5.74, 6) is -0.724. The van der Waals surface area contributed by atoms with Crippen LogP contribution in [0.3, 0.4) is 0 Å². The molecule has 0 bridgehead atoms. The van der Waals surface area contributed by atoms with Gasteiger partial charge in [0.1, 0.15) is 11.9 Å². The summed E-state index contributed by atoms with van der Waals surface area (Å²) < 4.78 is 11.6. The lowest BCUT2D eigenvalue weighted by molar-refractivity contribution is -0.144. The minimum atomic E-state index is -0.693. The minimum Gasteiger partial charge on any atom is -0.486 e. The van der Waals surface area contributed by atoms with E-state index in [1.807, 2.05) is 19.1 Å². The third-order valence-corrected chi connectivity index (χ3v) is 4.02. The first-order valence-corrected chi connectivity index (χ1v) is 8.60. The van der Waals surface area contributed by atoms with Crippen molar-refractivity contribution in [1.29, 1.82) is 0 Å². The van der Waals surface area contributed by atoms with Gasteiger partial charge in [0.05, 0.1) is 11.6 Å². The third kappa shape index (κ3) is 8.72. The van der Waals surface area contributed by atoms with Crippen molar-refractivity contribution in [3.05, 3.63) is 52.0 Å². The molecule has 8 heteroatoms. The number of allylic oxidation sites excluding steroid dienone is 1. The molecule has 1 rings (SSSR count). The molecule has 0 radical (unpaired) electrons. The summed E-state index contributed by atoms with van der Waals surface area (Å²) >= 11 is 9.36. The fraction of sp³-hybridized carbons (Fsp3) is 0.294. The van der Waals surface area contributed by atoms with Gasteiger partial charge in [-0.2, -0.15) is 5.48 Å². The maximum Gasteiger partial charge on any atom is 0.349 e. The second-order valence-electron chi connectivity index (χ2n) is 4.67. The van der Waals surface area contributed by atoms with Crippen LogP contribution in [0.15, 0.2) is 47.0 Å². The van der Waals surface area contributed by atoms with Crippen molar-refractivity contribution in [2.75, 3.05) is 13.7 Å². The minimum absolute atomic E-state index is 0.128. The van der Waals surface area contributed by atoms with Crippen molar-refractivity contribution in [1.82, 2.24) is 5.48 Å². The lowest BCUT2D eigenvalue weighted by Gasteiger charge is -2.16. The van der Waals surface area contributed by atoms with E-state index in [9.17, 15) is 9.59 Å². The second kappa shape index (κ2) is 11.7. The first-order valence-electron chi connectivity index (χ1n) is 7.43. The van der Waals surface area contributed by atoms with Crippen molar-refractivity contribution in [2.24, 2.45) is 0 Å². The Morgan fingerprint density at radius 2 is 2.04 bits per heavy atom. The summed E-state index contributed by atoms with van der Waals surface area (Å²) in [6, 6.07) is 5.28. The average molecular weight is 433 g/mol. The van der Waals surface area contributed by atoms with E-state index in [0.717, 1.165) is 16.6 Å².